The molecule has 0 bridgehead atoms. The van der Waals surface area contributed by atoms with Gasteiger partial charge in [-0.05, 0) is 42.8 Å². The van der Waals surface area contributed by atoms with Crippen molar-refractivity contribution in [2.45, 2.75) is 13.5 Å². The van der Waals surface area contributed by atoms with Gasteiger partial charge in [0.2, 0.25) is 5.91 Å². The Kier molecular flexibility index (Phi) is 5.70. The highest BCUT2D eigenvalue weighted by atomic mass is 19.1. The third-order valence-corrected chi connectivity index (χ3v) is 4.74. The monoisotopic (exact) mass is 418 g/mol. The lowest BCUT2D eigenvalue weighted by molar-refractivity contribution is -0.120. The van der Waals surface area contributed by atoms with E-state index in [0.717, 1.165) is 5.56 Å². The van der Waals surface area contributed by atoms with Crippen LogP contribution in [0.25, 0.3) is 22.4 Å². The number of nitrogens with zero attached hydrogens (tertiary/aromatic N) is 2. The first kappa shape index (κ1) is 20.2. The van der Waals surface area contributed by atoms with Gasteiger partial charge in [0.1, 0.15) is 5.82 Å². The lowest BCUT2D eigenvalue weighted by Gasteiger charge is -2.09. The van der Waals surface area contributed by atoms with Crippen LogP contribution in [0.15, 0.2) is 65.2 Å². The summed E-state index contributed by atoms with van der Waals surface area (Å²) in [7, 11) is 0. The van der Waals surface area contributed by atoms with Crippen molar-refractivity contribution in [2.75, 3.05) is 6.54 Å². The van der Waals surface area contributed by atoms with Crippen LogP contribution in [-0.2, 0) is 11.3 Å². The molecule has 0 atom stereocenters. The molecule has 2 N–H and O–H groups in total. The maximum absolute atomic E-state index is 13.3. The van der Waals surface area contributed by atoms with Crippen LogP contribution in [0.3, 0.4) is 0 Å². The number of carbonyl (C=O) groups is 2. The van der Waals surface area contributed by atoms with Gasteiger partial charge in [-0.25, -0.2) is 9.37 Å². The molecule has 0 saturated carbocycles. The third kappa shape index (κ3) is 4.58. The minimum Gasteiger partial charge on any atom is -0.350 e. The Morgan fingerprint density at radius 3 is 2.52 bits per heavy atom. The molecule has 0 unspecified atom stereocenters. The van der Waals surface area contributed by atoms with Gasteiger partial charge in [-0.15, -0.1) is 0 Å². The lowest BCUT2D eigenvalue weighted by Crippen LogP contribution is -2.36. The topological polar surface area (TPSA) is 97.1 Å². The highest BCUT2D eigenvalue weighted by Crippen LogP contribution is 2.27. The number of fused-ring (bicyclic) bond motifs is 1. The van der Waals surface area contributed by atoms with Crippen molar-refractivity contribution in [3.8, 4) is 11.3 Å². The van der Waals surface area contributed by atoms with Crippen LogP contribution < -0.4 is 10.6 Å². The number of halogens is 1. The Morgan fingerprint density at radius 2 is 1.77 bits per heavy atom. The van der Waals surface area contributed by atoms with E-state index in [1.165, 1.54) is 12.1 Å². The first-order chi connectivity index (χ1) is 15.0. The van der Waals surface area contributed by atoms with Crippen LogP contribution in [0.5, 0.6) is 0 Å². The molecule has 7 nitrogen and oxygen atoms in total. The molecule has 0 aliphatic heterocycles. The summed E-state index contributed by atoms with van der Waals surface area (Å²) in [4.78, 5) is 29.4. The number of carbonyl (C=O) groups excluding carboxylic acids is 2. The summed E-state index contributed by atoms with van der Waals surface area (Å²) >= 11 is 0. The maximum atomic E-state index is 13.3. The van der Waals surface area contributed by atoms with E-state index in [1.807, 2.05) is 30.3 Å². The van der Waals surface area contributed by atoms with E-state index in [1.54, 1.807) is 25.1 Å². The fourth-order valence-corrected chi connectivity index (χ4v) is 3.16. The molecule has 0 aliphatic rings. The molecule has 2 heterocycles. The van der Waals surface area contributed by atoms with Gasteiger partial charge >= 0.3 is 0 Å². The molecule has 0 fully saturated rings. The first-order valence-corrected chi connectivity index (χ1v) is 9.63. The molecule has 4 rings (SSSR count). The number of amides is 2. The number of rotatable bonds is 6. The summed E-state index contributed by atoms with van der Waals surface area (Å²) in [6.07, 6.45) is 0. The molecule has 0 saturated heterocycles. The predicted molar refractivity (Wildman–Crippen MR) is 113 cm³/mol. The third-order valence-electron chi connectivity index (χ3n) is 4.74. The summed E-state index contributed by atoms with van der Waals surface area (Å²) in [5.74, 6) is -1.15. The summed E-state index contributed by atoms with van der Waals surface area (Å²) in [6, 6.07) is 16.8. The minimum absolute atomic E-state index is 0.189. The first-order valence-electron chi connectivity index (χ1n) is 9.63. The van der Waals surface area contributed by atoms with Crippen molar-refractivity contribution in [3.63, 3.8) is 0 Å². The van der Waals surface area contributed by atoms with Crippen molar-refractivity contribution in [1.82, 2.24) is 20.8 Å². The van der Waals surface area contributed by atoms with Crippen LogP contribution in [0.1, 0.15) is 21.6 Å². The lowest BCUT2D eigenvalue weighted by atomic mass is 10.1. The van der Waals surface area contributed by atoms with Gasteiger partial charge in [0.25, 0.3) is 11.6 Å². The van der Waals surface area contributed by atoms with Crippen molar-refractivity contribution < 1.29 is 18.5 Å². The highest BCUT2D eigenvalue weighted by Gasteiger charge is 2.20. The number of aromatic nitrogens is 2. The van der Waals surface area contributed by atoms with Gasteiger partial charge in [0.15, 0.2) is 0 Å². The summed E-state index contributed by atoms with van der Waals surface area (Å²) in [5.41, 5.74) is 2.99. The van der Waals surface area contributed by atoms with Crippen molar-refractivity contribution in [2.24, 2.45) is 0 Å². The second-order valence-corrected chi connectivity index (χ2v) is 6.96. The van der Waals surface area contributed by atoms with E-state index in [2.05, 4.69) is 20.8 Å². The Balaban J connectivity index is 1.52. The smallest absolute Gasteiger partial charge is 0.259 e. The molecule has 31 heavy (non-hydrogen) atoms. The van der Waals surface area contributed by atoms with Gasteiger partial charge in [0, 0.05) is 12.1 Å². The van der Waals surface area contributed by atoms with Gasteiger partial charge in [0.05, 0.1) is 28.9 Å². The normalized spacial score (nSPS) is 10.8. The molecule has 2 aromatic carbocycles. The molecular weight excluding hydrogens is 399 g/mol. The summed E-state index contributed by atoms with van der Waals surface area (Å²) < 4.78 is 18.5. The van der Waals surface area contributed by atoms with Crippen molar-refractivity contribution >= 4 is 22.9 Å². The number of pyridine rings is 1. The van der Waals surface area contributed by atoms with Crippen LogP contribution in [0.4, 0.5) is 4.39 Å². The largest absolute Gasteiger partial charge is 0.350 e. The summed E-state index contributed by atoms with van der Waals surface area (Å²) in [5, 5.41) is 9.74. The van der Waals surface area contributed by atoms with Gasteiger partial charge in [-0.1, -0.05) is 35.5 Å². The second-order valence-electron chi connectivity index (χ2n) is 6.96. The highest BCUT2D eigenvalue weighted by molar-refractivity contribution is 6.07. The summed E-state index contributed by atoms with van der Waals surface area (Å²) in [6.45, 7) is 1.88. The predicted octanol–water partition coefficient (Wildman–Crippen LogP) is 3.38. The second kappa shape index (κ2) is 8.74. The van der Waals surface area contributed by atoms with E-state index in [0.29, 0.717) is 28.9 Å². The van der Waals surface area contributed by atoms with Crippen molar-refractivity contribution in [3.05, 3.63) is 83.3 Å². The number of hydrogen-bond acceptors (Lipinski definition) is 5. The Hall–Kier alpha value is -4.07. The van der Waals surface area contributed by atoms with E-state index < -0.39 is 5.91 Å². The van der Waals surface area contributed by atoms with Crippen LogP contribution in [0.2, 0.25) is 0 Å². The maximum Gasteiger partial charge on any atom is 0.259 e. The molecule has 0 spiro atoms. The Morgan fingerprint density at radius 1 is 1.03 bits per heavy atom. The molecule has 2 amide bonds. The Bertz CT molecular complexity index is 1240. The van der Waals surface area contributed by atoms with E-state index >= 15 is 0 Å². The number of nitrogens with one attached hydrogen (secondary N) is 2. The number of benzene rings is 2. The molecule has 0 aliphatic carbocycles. The standard InChI is InChI=1S/C23H19FN4O3/c1-14-21-18(22(30)26-13-20(29)25-12-15-5-3-2-4-6-15)11-19(27-23(21)31-28-14)16-7-9-17(24)10-8-16/h2-11H,12-13H2,1H3,(H,25,29)(H,26,30). The molecule has 4 aromatic rings. The molecular formula is C23H19FN4O3. The molecule has 0 radical (unpaired) electrons. The van der Waals surface area contributed by atoms with E-state index in [-0.39, 0.29) is 29.5 Å². The van der Waals surface area contributed by atoms with E-state index in [4.69, 9.17) is 4.52 Å². The van der Waals surface area contributed by atoms with Crippen LogP contribution >= 0.6 is 0 Å². The Labute approximate surface area is 177 Å². The van der Waals surface area contributed by atoms with Gasteiger partial charge < -0.3 is 15.2 Å². The van der Waals surface area contributed by atoms with Gasteiger partial charge in [-0.2, -0.15) is 0 Å². The fraction of sp³-hybridized carbons (Fsp3) is 0.130. The minimum atomic E-state index is -0.461. The SMILES string of the molecule is Cc1noc2nc(-c3ccc(F)cc3)cc(C(=O)NCC(=O)NCc3ccccc3)c12. The molecule has 156 valence electrons. The zero-order valence-corrected chi connectivity index (χ0v) is 16.7. The fourth-order valence-electron chi connectivity index (χ4n) is 3.16. The number of hydrogen-bond donors (Lipinski definition) is 2. The zero-order chi connectivity index (χ0) is 21.8. The number of aryl methyl sites for hydroxylation is 1. The zero-order valence-electron chi connectivity index (χ0n) is 16.7. The van der Waals surface area contributed by atoms with Crippen LogP contribution in [0, 0.1) is 12.7 Å². The average molecular weight is 418 g/mol. The molecule has 8 heteroatoms. The average Bonchev–Trinajstić information content (AvgIpc) is 3.17. The van der Waals surface area contributed by atoms with E-state index in [9.17, 15) is 14.0 Å². The van der Waals surface area contributed by atoms with Crippen LogP contribution in [-0.4, -0.2) is 28.5 Å². The van der Waals surface area contributed by atoms with Crippen molar-refractivity contribution in [1.29, 1.82) is 0 Å². The molecule has 2 aromatic heterocycles. The van der Waals surface area contributed by atoms with Gasteiger partial charge in [-0.3, -0.25) is 9.59 Å². The quantitative estimate of drug-likeness (QED) is 0.500.